The standard InChI is InChI=1S/C42H81N3O12/c1-16-31-42(10,49)36(50-14)28(6)45(13)23-24(2)21-40(8,48)35(57-39-33(46)30(44(11)12)20-25(3)53-39)26(4)34(27(5)38(47)55-31)56-32-22-41(9,51-15)37(29(7)54-32)52-19-17-18-43/h24-37,39,46,48-49H,16-23,43H2,1-15H3/t24-,25-,26+,27-,28-,29+,30+,31-,32+,33-,34+,35-,36-,37+,39+,40-,41-,42-/m1/s1. The fourth-order valence-electron chi connectivity index (χ4n) is 9.75. The first kappa shape index (κ1) is 50.3. The molecule has 0 amide bonds. The number of nitrogens with zero attached hydrogens (tertiary/aromatic N) is 2. The van der Waals surface area contributed by atoms with Gasteiger partial charge in [0.15, 0.2) is 12.6 Å². The third kappa shape index (κ3) is 12.1. The molecule has 0 spiro atoms. The second-order valence-electron chi connectivity index (χ2n) is 18.4. The van der Waals surface area contributed by atoms with E-state index in [4.69, 9.17) is 43.6 Å². The van der Waals surface area contributed by atoms with E-state index < -0.39 is 89.9 Å². The number of rotatable bonds is 12. The average molecular weight is 820 g/mol. The summed E-state index contributed by atoms with van der Waals surface area (Å²) in [4.78, 5) is 18.5. The highest BCUT2D eigenvalue weighted by atomic mass is 16.7. The van der Waals surface area contributed by atoms with Crippen molar-refractivity contribution in [2.45, 2.75) is 192 Å². The largest absolute Gasteiger partial charge is 0.459 e. The Kier molecular flexibility index (Phi) is 18.7. The molecule has 3 heterocycles. The summed E-state index contributed by atoms with van der Waals surface area (Å²) >= 11 is 0. The Balaban J connectivity index is 2.18. The second-order valence-corrected chi connectivity index (χ2v) is 18.4. The van der Waals surface area contributed by atoms with E-state index >= 15 is 0 Å². The van der Waals surface area contributed by atoms with Crippen molar-refractivity contribution in [1.29, 1.82) is 0 Å². The smallest absolute Gasteiger partial charge is 0.311 e. The molecule has 3 rings (SSSR count). The monoisotopic (exact) mass is 820 g/mol. The van der Waals surface area contributed by atoms with Crippen LogP contribution in [0.4, 0.5) is 0 Å². The van der Waals surface area contributed by atoms with Gasteiger partial charge in [-0.25, -0.2) is 0 Å². The van der Waals surface area contributed by atoms with E-state index in [1.165, 1.54) is 0 Å². The number of hydrogen-bond donors (Lipinski definition) is 4. The highest BCUT2D eigenvalue weighted by Crippen LogP contribution is 2.41. The highest BCUT2D eigenvalue weighted by molar-refractivity contribution is 5.73. The fourth-order valence-corrected chi connectivity index (χ4v) is 9.75. The topological polar surface area (TPSA) is 184 Å². The summed E-state index contributed by atoms with van der Waals surface area (Å²) in [6.07, 6.45) is -5.56. The van der Waals surface area contributed by atoms with Crippen LogP contribution in [0.15, 0.2) is 0 Å². The first-order chi connectivity index (χ1) is 26.5. The molecule has 5 N–H and O–H groups in total. The van der Waals surface area contributed by atoms with Gasteiger partial charge in [0, 0.05) is 51.8 Å². The van der Waals surface area contributed by atoms with Crippen molar-refractivity contribution in [3.63, 3.8) is 0 Å². The number of likely N-dealkylation sites (N-methyl/N-ethyl adjacent to an activating group) is 2. The summed E-state index contributed by atoms with van der Waals surface area (Å²) in [5, 5.41) is 36.4. The quantitative estimate of drug-likeness (QED) is 0.166. The number of esters is 1. The van der Waals surface area contributed by atoms with Crippen LogP contribution < -0.4 is 5.73 Å². The Bertz CT molecular complexity index is 1230. The second kappa shape index (κ2) is 21.2. The highest BCUT2D eigenvalue weighted by Gasteiger charge is 2.53. The van der Waals surface area contributed by atoms with Gasteiger partial charge in [-0.15, -0.1) is 0 Å². The van der Waals surface area contributed by atoms with Gasteiger partial charge in [0.25, 0.3) is 0 Å². The first-order valence-corrected chi connectivity index (χ1v) is 21.2. The summed E-state index contributed by atoms with van der Waals surface area (Å²) in [7, 11) is 8.94. The predicted octanol–water partition coefficient (Wildman–Crippen LogP) is 2.93. The molecule has 3 aliphatic rings. The minimum atomic E-state index is -1.57. The Labute approximate surface area is 343 Å². The van der Waals surface area contributed by atoms with E-state index in [0.29, 0.717) is 39.0 Å². The number of ether oxygens (including phenoxy) is 8. The van der Waals surface area contributed by atoms with E-state index in [2.05, 4.69) is 11.8 Å². The predicted molar refractivity (Wildman–Crippen MR) is 216 cm³/mol. The van der Waals surface area contributed by atoms with Gasteiger partial charge in [0.1, 0.15) is 30.0 Å². The van der Waals surface area contributed by atoms with E-state index in [0.717, 1.165) is 0 Å². The molecule has 0 bridgehead atoms. The Hall–Kier alpha value is -1.05. The van der Waals surface area contributed by atoms with Crippen molar-refractivity contribution in [3.05, 3.63) is 0 Å². The molecule has 3 fully saturated rings. The van der Waals surface area contributed by atoms with Gasteiger partial charge in [-0.2, -0.15) is 0 Å². The third-order valence-electron chi connectivity index (χ3n) is 13.0. The summed E-state index contributed by atoms with van der Waals surface area (Å²) in [5.41, 5.74) is 1.84. The van der Waals surface area contributed by atoms with Crippen LogP contribution in [0.5, 0.6) is 0 Å². The van der Waals surface area contributed by atoms with Crippen molar-refractivity contribution in [3.8, 4) is 0 Å². The van der Waals surface area contributed by atoms with Crippen LogP contribution in [-0.4, -0.2) is 176 Å². The van der Waals surface area contributed by atoms with Gasteiger partial charge in [-0.3, -0.25) is 4.79 Å². The molecule has 0 aromatic carbocycles. The van der Waals surface area contributed by atoms with E-state index in [1.807, 2.05) is 67.6 Å². The number of nitrogens with two attached hydrogens (primary N) is 1. The Morgan fingerprint density at radius 3 is 2.18 bits per heavy atom. The van der Waals surface area contributed by atoms with Crippen LogP contribution in [-0.2, 0) is 42.7 Å². The fraction of sp³-hybridized carbons (Fsp3) is 0.976. The molecule has 3 aliphatic heterocycles. The molecule has 15 nitrogen and oxygen atoms in total. The lowest BCUT2D eigenvalue weighted by molar-refractivity contribution is -0.320. The molecule has 0 aliphatic carbocycles. The zero-order valence-electron chi connectivity index (χ0n) is 37.8. The minimum absolute atomic E-state index is 0.0817. The van der Waals surface area contributed by atoms with Crippen molar-refractivity contribution in [1.82, 2.24) is 9.80 Å². The molecule has 0 unspecified atom stereocenters. The molecule has 3 saturated heterocycles. The lowest BCUT2D eigenvalue weighted by atomic mass is 9.77. The molecular weight excluding hydrogens is 738 g/mol. The molecule has 0 aromatic heterocycles. The summed E-state index contributed by atoms with van der Waals surface area (Å²) in [6, 6.07) is -0.554. The SMILES string of the molecule is CC[C@H]1OC(=O)[C@H](C)[C@@H](O[C@H]2C[C@@](C)(OC)[C@@H](OCCCN)[C@H](C)O2)[C@H](C)[C@@H](O[C@@H]2O[C@H](C)C[C@H](N(C)C)[C@H]2O)[C@](C)(O)C[C@@H](C)CN(C)[C@H](C)[C@@H](OC)[C@]1(C)O. The van der Waals surface area contributed by atoms with Crippen LogP contribution in [0.2, 0.25) is 0 Å². The molecule has 18 atom stereocenters. The lowest BCUT2D eigenvalue weighted by Crippen LogP contribution is -2.61. The minimum Gasteiger partial charge on any atom is -0.459 e. The molecule has 0 saturated carbocycles. The molecular formula is C42H81N3O12. The van der Waals surface area contributed by atoms with E-state index in [9.17, 15) is 20.1 Å². The van der Waals surface area contributed by atoms with E-state index in [1.54, 1.807) is 35.0 Å². The van der Waals surface area contributed by atoms with Crippen LogP contribution in [0.3, 0.4) is 0 Å². The maximum absolute atomic E-state index is 14.5. The van der Waals surface area contributed by atoms with Crippen LogP contribution in [0.25, 0.3) is 0 Å². The number of hydrogen-bond acceptors (Lipinski definition) is 15. The number of carbonyl (C=O) groups is 1. The Morgan fingerprint density at radius 2 is 1.61 bits per heavy atom. The van der Waals surface area contributed by atoms with Crippen molar-refractivity contribution < 1.29 is 58.0 Å². The maximum Gasteiger partial charge on any atom is 0.311 e. The van der Waals surface area contributed by atoms with Gasteiger partial charge in [-0.05, 0) is 108 Å². The number of aliphatic hydroxyl groups excluding tert-OH is 1. The number of aliphatic hydroxyl groups is 3. The van der Waals surface area contributed by atoms with E-state index in [-0.39, 0.29) is 36.9 Å². The summed E-state index contributed by atoms with van der Waals surface area (Å²) in [6.45, 7) is 20.1. The molecule has 336 valence electrons. The van der Waals surface area contributed by atoms with Gasteiger partial charge in [-0.1, -0.05) is 20.8 Å². The molecule has 0 radical (unpaired) electrons. The number of cyclic esters (lactones) is 1. The van der Waals surface area contributed by atoms with Crippen molar-refractivity contribution in [2.75, 3.05) is 55.1 Å². The average Bonchev–Trinajstić information content (AvgIpc) is 3.12. The van der Waals surface area contributed by atoms with Crippen LogP contribution in [0.1, 0.15) is 101 Å². The van der Waals surface area contributed by atoms with Gasteiger partial charge < -0.3 is 68.7 Å². The Morgan fingerprint density at radius 1 is 0.965 bits per heavy atom. The zero-order valence-corrected chi connectivity index (χ0v) is 37.8. The number of carbonyl (C=O) groups excluding carboxylic acids is 1. The maximum atomic E-state index is 14.5. The van der Waals surface area contributed by atoms with Gasteiger partial charge >= 0.3 is 5.97 Å². The number of methoxy groups -OCH3 is 2. The molecule has 15 heteroatoms. The van der Waals surface area contributed by atoms with Crippen LogP contribution in [0, 0.1) is 17.8 Å². The zero-order chi connectivity index (χ0) is 43.2. The van der Waals surface area contributed by atoms with Gasteiger partial charge in [0.05, 0.1) is 41.5 Å². The normalized spacial score (nSPS) is 46.3. The first-order valence-electron chi connectivity index (χ1n) is 21.2. The third-order valence-corrected chi connectivity index (χ3v) is 13.0. The van der Waals surface area contributed by atoms with Crippen molar-refractivity contribution in [2.24, 2.45) is 23.5 Å². The van der Waals surface area contributed by atoms with Gasteiger partial charge in [0.2, 0.25) is 0 Å². The summed E-state index contributed by atoms with van der Waals surface area (Å²) < 4.78 is 51.0. The molecule has 57 heavy (non-hydrogen) atoms. The molecule has 0 aromatic rings. The van der Waals surface area contributed by atoms with Crippen LogP contribution >= 0.6 is 0 Å². The lowest BCUT2D eigenvalue weighted by Gasteiger charge is -2.49. The van der Waals surface area contributed by atoms with Crippen molar-refractivity contribution >= 4 is 5.97 Å². The summed E-state index contributed by atoms with van der Waals surface area (Å²) in [5.74, 6) is -2.34.